The summed E-state index contributed by atoms with van der Waals surface area (Å²) in [7, 11) is 0. The largest absolute Gasteiger partial charge is 0.346 e. The zero-order valence-electron chi connectivity index (χ0n) is 8.53. The average molecular weight is 207 g/mol. The van der Waals surface area contributed by atoms with E-state index in [-0.39, 0.29) is 12.2 Å². The third kappa shape index (κ3) is 2.55. The lowest BCUT2D eigenvalue weighted by atomic mass is 10.2. The van der Waals surface area contributed by atoms with E-state index in [1.165, 1.54) is 6.92 Å². The second-order valence-electron chi connectivity index (χ2n) is 3.38. The molecule has 1 aliphatic heterocycles. The van der Waals surface area contributed by atoms with Crippen molar-refractivity contribution in [3.63, 3.8) is 0 Å². The van der Waals surface area contributed by atoms with Crippen LogP contribution in [0.5, 0.6) is 0 Å². The van der Waals surface area contributed by atoms with Gasteiger partial charge in [-0.2, -0.15) is 0 Å². The van der Waals surface area contributed by atoms with Gasteiger partial charge in [0.05, 0.1) is 13.2 Å². The quantitative estimate of drug-likeness (QED) is 0.802. The summed E-state index contributed by atoms with van der Waals surface area (Å²) < 4.78 is 10.7. The van der Waals surface area contributed by atoms with Gasteiger partial charge >= 0.3 is 0 Å². The molecule has 0 bridgehead atoms. The fourth-order valence-corrected chi connectivity index (χ4v) is 1.48. The topological polar surface area (TPSA) is 47.6 Å². The van der Waals surface area contributed by atoms with E-state index in [0.717, 1.165) is 11.3 Å². The Bertz CT molecular complexity index is 341. The molecule has 0 spiro atoms. The van der Waals surface area contributed by atoms with Crippen molar-refractivity contribution in [1.82, 2.24) is 0 Å². The molecule has 0 atom stereocenters. The Labute approximate surface area is 88.2 Å². The van der Waals surface area contributed by atoms with Gasteiger partial charge in [0.1, 0.15) is 0 Å². The molecule has 1 fully saturated rings. The zero-order chi connectivity index (χ0) is 10.7. The lowest BCUT2D eigenvalue weighted by Crippen LogP contribution is -2.06. The Balaban J connectivity index is 2.06. The molecule has 1 aromatic rings. The highest BCUT2D eigenvalue weighted by Gasteiger charge is 2.17. The Hall–Kier alpha value is -1.39. The number of carbonyl (C=O) groups is 1. The van der Waals surface area contributed by atoms with E-state index in [2.05, 4.69) is 5.32 Å². The first-order chi connectivity index (χ1) is 7.25. The second-order valence-corrected chi connectivity index (χ2v) is 3.38. The van der Waals surface area contributed by atoms with Gasteiger partial charge in [-0.25, -0.2) is 0 Å². The molecule has 1 aromatic carbocycles. The predicted molar refractivity (Wildman–Crippen MR) is 55.4 cm³/mol. The average Bonchev–Trinajstić information content (AvgIpc) is 2.71. The SMILES string of the molecule is CC(=O)Nc1ccc(C2OCCO2)cc1. The van der Waals surface area contributed by atoms with Crippen molar-refractivity contribution in [2.45, 2.75) is 13.2 Å². The summed E-state index contributed by atoms with van der Waals surface area (Å²) in [5.41, 5.74) is 1.76. The number of hydrogen-bond acceptors (Lipinski definition) is 3. The van der Waals surface area contributed by atoms with Gasteiger partial charge in [-0.05, 0) is 12.1 Å². The first kappa shape index (κ1) is 10.1. The minimum absolute atomic E-state index is 0.0730. The highest BCUT2D eigenvalue weighted by atomic mass is 16.7. The lowest BCUT2D eigenvalue weighted by Gasteiger charge is -2.09. The molecule has 80 valence electrons. The van der Waals surface area contributed by atoms with Crippen LogP contribution in [0.25, 0.3) is 0 Å². The zero-order valence-corrected chi connectivity index (χ0v) is 8.53. The normalized spacial score (nSPS) is 16.6. The highest BCUT2D eigenvalue weighted by Crippen LogP contribution is 2.24. The number of rotatable bonds is 2. The number of hydrogen-bond donors (Lipinski definition) is 1. The van der Waals surface area contributed by atoms with Crippen molar-refractivity contribution in [2.75, 3.05) is 18.5 Å². The Kier molecular flexibility index (Phi) is 2.99. The smallest absolute Gasteiger partial charge is 0.221 e. The summed E-state index contributed by atoms with van der Waals surface area (Å²) >= 11 is 0. The molecule has 0 unspecified atom stereocenters. The van der Waals surface area contributed by atoms with Crippen LogP contribution < -0.4 is 5.32 Å². The van der Waals surface area contributed by atoms with Gasteiger partial charge in [0.2, 0.25) is 5.91 Å². The number of benzene rings is 1. The molecule has 4 heteroatoms. The van der Waals surface area contributed by atoms with Gasteiger partial charge in [0, 0.05) is 18.2 Å². The van der Waals surface area contributed by atoms with Crippen LogP contribution in [0.3, 0.4) is 0 Å². The van der Waals surface area contributed by atoms with Gasteiger partial charge in [0.15, 0.2) is 6.29 Å². The van der Waals surface area contributed by atoms with Gasteiger partial charge in [-0.1, -0.05) is 12.1 Å². The van der Waals surface area contributed by atoms with Crippen LogP contribution in [0.1, 0.15) is 18.8 Å². The maximum atomic E-state index is 10.8. The third-order valence-electron chi connectivity index (χ3n) is 2.13. The van der Waals surface area contributed by atoms with Gasteiger partial charge in [-0.3, -0.25) is 4.79 Å². The molecule has 0 aliphatic carbocycles. The van der Waals surface area contributed by atoms with Crippen molar-refractivity contribution >= 4 is 11.6 Å². The minimum atomic E-state index is -0.253. The summed E-state index contributed by atoms with van der Waals surface area (Å²) in [4.78, 5) is 10.8. The summed E-state index contributed by atoms with van der Waals surface area (Å²) in [6.45, 7) is 2.76. The van der Waals surface area contributed by atoms with Crippen LogP contribution in [0.2, 0.25) is 0 Å². The number of amides is 1. The van der Waals surface area contributed by atoms with Gasteiger partial charge in [-0.15, -0.1) is 0 Å². The molecule has 15 heavy (non-hydrogen) atoms. The molecule has 4 nitrogen and oxygen atoms in total. The van der Waals surface area contributed by atoms with E-state index < -0.39 is 0 Å². The minimum Gasteiger partial charge on any atom is -0.346 e. The number of ether oxygens (including phenoxy) is 2. The molecule has 0 radical (unpaired) electrons. The van der Waals surface area contributed by atoms with Crippen LogP contribution in [0.4, 0.5) is 5.69 Å². The highest BCUT2D eigenvalue weighted by molar-refractivity contribution is 5.88. The van der Waals surface area contributed by atoms with Crippen molar-refractivity contribution in [3.8, 4) is 0 Å². The number of nitrogens with one attached hydrogen (secondary N) is 1. The summed E-state index contributed by atoms with van der Waals surface area (Å²) in [6.07, 6.45) is -0.253. The molecule has 2 rings (SSSR count). The van der Waals surface area contributed by atoms with Crippen LogP contribution in [-0.2, 0) is 14.3 Å². The van der Waals surface area contributed by atoms with Crippen molar-refractivity contribution in [1.29, 1.82) is 0 Å². The fraction of sp³-hybridized carbons (Fsp3) is 0.364. The van der Waals surface area contributed by atoms with Crippen LogP contribution >= 0.6 is 0 Å². The summed E-state index contributed by atoms with van der Waals surface area (Å²) in [6, 6.07) is 7.45. The number of anilines is 1. The molecule has 1 N–H and O–H groups in total. The Morgan fingerprint density at radius 3 is 2.40 bits per heavy atom. The fourth-order valence-electron chi connectivity index (χ4n) is 1.48. The van der Waals surface area contributed by atoms with Gasteiger partial charge < -0.3 is 14.8 Å². The molecular weight excluding hydrogens is 194 g/mol. The van der Waals surface area contributed by atoms with Crippen LogP contribution in [-0.4, -0.2) is 19.1 Å². The molecule has 0 aromatic heterocycles. The van der Waals surface area contributed by atoms with Crippen molar-refractivity contribution in [3.05, 3.63) is 29.8 Å². The van der Waals surface area contributed by atoms with Crippen LogP contribution in [0.15, 0.2) is 24.3 Å². The van der Waals surface area contributed by atoms with E-state index in [0.29, 0.717) is 13.2 Å². The summed E-state index contributed by atoms with van der Waals surface area (Å²) in [5.74, 6) is -0.0730. The molecule has 1 aliphatic rings. The van der Waals surface area contributed by atoms with E-state index in [9.17, 15) is 4.79 Å². The summed E-state index contributed by atoms with van der Waals surface area (Å²) in [5, 5.41) is 2.70. The van der Waals surface area contributed by atoms with E-state index >= 15 is 0 Å². The third-order valence-corrected chi connectivity index (χ3v) is 2.13. The second kappa shape index (κ2) is 4.42. The molecule has 1 saturated heterocycles. The monoisotopic (exact) mass is 207 g/mol. The van der Waals surface area contributed by atoms with E-state index in [1.54, 1.807) is 0 Å². The maximum Gasteiger partial charge on any atom is 0.221 e. The standard InChI is InChI=1S/C11H13NO3/c1-8(13)12-10-4-2-9(3-5-10)11-14-6-7-15-11/h2-5,11H,6-7H2,1H3,(H,12,13). The molecule has 1 amide bonds. The molecule has 0 saturated carbocycles. The first-order valence-electron chi connectivity index (χ1n) is 4.86. The first-order valence-corrected chi connectivity index (χ1v) is 4.86. The van der Waals surface area contributed by atoms with E-state index in [1.807, 2.05) is 24.3 Å². The predicted octanol–water partition coefficient (Wildman–Crippen LogP) is 1.69. The van der Waals surface area contributed by atoms with Crippen molar-refractivity contribution < 1.29 is 14.3 Å². The van der Waals surface area contributed by atoms with Crippen LogP contribution in [0, 0.1) is 0 Å². The van der Waals surface area contributed by atoms with E-state index in [4.69, 9.17) is 9.47 Å². The van der Waals surface area contributed by atoms with Crippen molar-refractivity contribution in [2.24, 2.45) is 0 Å². The molecular formula is C11H13NO3. The molecule has 1 heterocycles. The van der Waals surface area contributed by atoms with Gasteiger partial charge in [0.25, 0.3) is 0 Å². The lowest BCUT2D eigenvalue weighted by molar-refractivity contribution is -0.114. The maximum absolute atomic E-state index is 10.8. The Morgan fingerprint density at radius 2 is 1.87 bits per heavy atom. The number of carbonyl (C=O) groups excluding carboxylic acids is 1. The Morgan fingerprint density at radius 1 is 1.27 bits per heavy atom.